The lowest BCUT2D eigenvalue weighted by molar-refractivity contribution is 0.173. The van der Waals surface area contributed by atoms with Gasteiger partial charge in [0.25, 0.3) is 0 Å². The molecule has 6 heteroatoms. The molecule has 5 nitrogen and oxygen atoms in total. The first-order valence-electron chi connectivity index (χ1n) is 8.91. The number of methoxy groups -OCH3 is 1. The van der Waals surface area contributed by atoms with E-state index < -0.39 is 0 Å². The Morgan fingerprint density at radius 1 is 1.20 bits per heavy atom. The summed E-state index contributed by atoms with van der Waals surface area (Å²) in [6, 6.07) is 10.2. The summed E-state index contributed by atoms with van der Waals surface area (Å²) in [5.41, 5.74) is 2.21. The fourth-order valence-corrected chi connectivity index (χ4v) is 3.40. The van der Waals surface area contributed by atoms with Gasteiger partial charge in [0.15, 0.2) is 0 Å². The third-order valence-corrected chi connectivity index (χ3v) is 4.81. The van der Waals surface area contributed by atoms with Crippen molar-refractivity contribution in [2.45, 2.75) is 26.3 Å². The molecule has 2 heterocycles. The maximum Gasteiger partial charge on any atom is 0.144 e. The number of aromatic nitrogens is 2. The molecular weight excluding hydrogens is 336 g/mol. The van der Waals surface area contributed by atoms with Crippen LogP contribution >= 0.6 is 12.4 Å². The highest BCUT2D eigenvalue weighted by Crippen LogP contribution is 2.24. The lowest BCUT2D eigenvalue weighted by Gasteiger charge is -2.32. The second kappa shape index (κ2) is 9.80. The highest BCUT2D eigenvalue weighted by molar-refractivity contribution is 5.85. The van der Waals surface area contributed by atoms with Gasteiger partial charge in [0.05, 0.1) is 12.8 Å². The Labute approximate surface area is 156 Å². The van der Waals surface area contributed by atoms with E-state index in [1.165, 1.54) is 18.5 Å². The molecule has 1 aromatic heterocycles. The highest BCUT2D eigenvalue weighted by Gasteiger charge is 2.20. The molecule has 0 radical (unpaired) electrons. The van der Waals surface area contributed by atoms with Crippen molar-refractivity contribution in [2.75, 3.05) is 33.3 Å². The van der Waals surface area contributed by atoms with Gasteiger partial charge < -0.3 is 10.1 Å². The molecule has 25 heavy (non-hydrogen) atoms. The van der Waals surface area contributed by atoms with Crippen LogP contribution < -0.4 is 10.1 Å². The van der Waals surface area contributed by atoms with Crippen molar-refractivity contribution < 1.29 is 4.74 Å². The lowest BCUT2D eigenvalue weighted by atomic mass is 9.96. The van der Waals surface area contributed by atoms with E-state index in [0.29, 0.717) is 0 Å². The first-order chi connectivity index (χ1) is 11.8. The molecule has 0 amide bonds. The first kappa shape index (κ1) is 19.8. The molecule has 0 atom stereocenters. The van der Waals surface area contributed by atoms with Gasteiger partial charge in [0, 0.05) is 12.7 Å². The van der Waals surface area contributed by atoms with Crippen molar-refractivity contribution in [1.29, 1.82) is 0 Å². The van der Waals surface area contributed by atoms with Crippen LogP contribution in [0.5, 0.6) is 5.75 Å². The van der Waals surface area contributed by atoms with E-state index in [9.17, 15) is 0 Å². The predicted molar refractivity (Wildman–Crippen MR) is 104 cm³/mol. The average Bonchev–Trinajstić information content (AvgIpc) is 3.09. The minimum atomic E-state index is 0. The third-order valence-electron chi connectivity index (χ3n) is 4.81. The molecule has 0 unspecified atom stereocenters. The molecule has 0 bridgehead atoms. The molecule has 0 saturated carbocycles. The van der Waals surface area contributed by atoms with Gasteiger partial charge in [-0.25, -0.2) is 4.68 Å². The van der Waals surface area contributed by atoms with Crippen molar-refractivity contribution in [2.24, 2.45) is 5.92 Å². The molecule has 0 aliphatic carbocycles. The van der Waals surface area contributed by atoms with Gasteiger partial charge in [-0.1, -0.05) is 19.1 Å². The van der Waals surface area contributed by atoms with Gasteiger partial charge in [-0.2, -0.15) is 5.10 Å². The quantitative estimate of drug-likeness (QED) is 0.819. The molecule has 0 spiro atoms. The number of nitrogens with one attached hydrogen (secondary N) is 1. The van der Waals surface area contributed by atoms with Crippen molar-refractivity contribution in [1.82, 2.24) is 20.0 Å². The first-order valence-corrected chi connectivity index (χ1v) is 8.91. The van der Waals surface area contributed by atoms with E-state index in [0.717, 1.165) is 50.1 Å². The van der Waals surface area contributed by atoms with Gasteiger partial charge in [0.1, 0.15) is 11.4 Å². The summed E-state index contributed by atoms with van der Waals surface area (Å²) in [5.74, 6) is 1.67. The smallest absolute Gasteiger partial charge is 0.144 e. The molecule has 3 rings (SSSR count). The molecule has 1 N–H and O–H groups in total. The maximum absolute atomic E-state index is 5.48. The standard InChI is InChI=1S/C19H28N4O.ClH/c1-3-20-14-16-9-12-22(13-10-16)15-17-8-11-21-23(17)18-6-4-5-7-19(18)24-2;/h4-8,11,16,20H,3,9-10,12-15H2,1-2H3;1H. The van der Waals surface area contributed by atoms with E-state index in [1.807, 2.05) is 29.1 Å². The van der Waals surface area contributed by atoms with E-state index >= 15 is 0 Å². The van der Waals surface area contributed by atoms with Crippen LogP contribution in [0, 0.1) is 5.92 Å². The number of ether oxygens (including phenoxy) is 1. The second-order valence-electron chi connectivity index (χ2n) is 6.43. The van der Waals surface area contributed by atoms with Crippen LogP contribution in [0.25, 0.3) is 5.69 Å². The van der Waals surface area contributed by atoms with Crippen LogP contribution in [-0.4, -0.2) is 48.0 Å². The third kappa shape index (κ3) is 4.97. The van der Waals surface area contributed by atoms with E-state index in [1.54, 1.807) is 7.11 Å². The monoisotopic (exact) mass is 364 g/mol. The Bertz CT molecular complexity index is 638. The lowest BCUT2D eigenvalue weighted by Crippen LogP contribution is -2.37. The number of likely N-dealkylation sites (tertiary alicyclic amines) is 1. The van der Waals surface area contributed by atoms with Gasteiger partial charge in [-0.15, -0.1) is 12.4 Å². The van der Waals surface area contributed by atoms with Gasteiger partial charge in [-0.3, -0.25) is 4.90 Å². The zero-order chi connectivity index (χ0) is 16.8. The number of rotatable bonds is 7. The SMILES string of the molecule is CCNCC1CCN(Cc2ccnn2-c2ccccc2OC)CC1.Cl. The van der Waals surface area contributed by atoms with Crippen molar-refractivity contribution >= 4 is 12.4 Å². The Morgan fingerprint density at radius 3 is 2.68 bits per heavy atom. The van der Waals surface area contributed by atoms with Crippen LogP contribution in [0.15, 0.2) is 36.5 Å². The summed E-state index contributed by atoms with van der Waals surface area (Å²) in [5, 5.41) is 7.99. The average molecular weight is 365 g/mol. The van der Waals surface area contributed by atoms with Gasteiger partial charge in [0.2, 0.25) is 0 Å². The number of halogens is 1. The Hall–Kier alpha value is -1.56. The van der Waals surface area contributed by atoms with Crippen LogP contribution in [0.2, 0.25) is 0 Å². The molecule has 138 valence electrons. The van der Waals surface area contributed by atoms with Gasteiger partial charge in [-0.05, 0) is 63.1 Å². The number of para-hydroxylation sites is 2. The zero-order valence-electron chi connectivity index (χ0n) is 15.1. The van der Waals surface area contributed by atoms with Gasteiger partial charge >= 0.3 is 0 Å². The molecule has 1 aliphatic heterocycles. The maximum atomic E-state index is 5.48. The fraction of sp³-hybridized carbons (Fsp3) is 0.526. The van der Waals surface area contributed by atoms with Crippen molar-refractivity contribution in [3.63, 3.8) is 0 Å². The van der Waals surface area contributed by atoms with Crippen LogP contribution in [0.1, 0.15) is 25.5 Å². The summed E-state index contributed by atoms with van der Waals surface area (Å²) in [6.07, 6.45) is 4.42. The molecule has 2 aromatic rings. The summed E-state index contributed by atoms with van der Waals surface area (Å²) >= 11 is 0. The van der Waals surface area contributed by atoms with E-state index in [-0.39, 0.29) is 12.4 Å². The van der Waals surface area contributed by atoms with E-state index in [2.05, 4.69) is 34.4 Å². The molecular formula is C19H29ClN4O. The fourth-order valence-electron chi connectivity index (χ4n) is 3.40. The summed E-state index contributed by atoms with van der Waals surface area (Å²) < 4.78 is 7.49. The number of nitrogens with zero attached hydrogens (tertiary/aromatic N) is 3. The van der Waals surface area contributed by atoms with Crippen LogP contribution in [0.3, 0.4) is 0 Å². The summed E-state index contributed by atoms with van der Waals surface area (Å²) in [7, 11) is 1.71. The number of benzene rings is 1. The predicted octanol–water partition coefficient (Wildman–Crippen LogP) is 3.12. The Balaban J connectivity index is 0.00000225. The zero-order valence-corrected chi connectivity index (χ0v) is 16.0. The molecule has 1 saturated heterocycles. The summed E-state index contributed by atoms with van der Waals surface area (Å²) in [4.78, 5) is 2.53. The molecule has 1 aromatic carbocycles. The number of hydrogen-bond donors (Lipinski definition) is 1. The largest absolute Gasteiger partial charge is 0.494 e. The normalized spacial score (nSPS) is 15.8. The summed E-state index contributed by atoms with van der Waals surface area (Å²) in [6.45, 7) is 7.66. The number of piperidine rings is 1. The second-order valence-corrected chi connectivity index (χ2v) is 6.43. The van der Waals surface area contributed by atoms with Crippen LogP contribution in [-0.2, 0) is 6.54 Å². The molecule has 1 aliphatic rings. The minimum Gasteiger partial charge on any atom is -0.494 e. The van der Waals surface area contributed by atoms with Crippen molar-refractivity contribution in [3.8, 4) is 11.4 Å². The highest BCUT2D eigenvalue weighted by atomic mass is 35.5. The number of hydrogen-bond acceptors (Lipinski definition) is 4. The topological polar surface area (TPSA) is 42.3 Å². The Morgan fingerprint density at radius 2 is 1.96 bits per heavy atom. The van der Waals surface area contributed by atoms with Crippen molar-refractivity contribution in [3.05, 3.63) is 42.2 Å². The Kier molecular flexibility index (Phi) is 7.75. The minimum absolute atomic E-state index is 0. The molecule has 1 fully saturated rings. The van der Waals surface area contributed by atoms with E-state index in [4.69, 9.17) is 4.74 Å². The van der Waals surface area contributed by atoms with Crippen LogP contribution in [0.4, 0.5) is 0 Å².